The number of unbranched alkanes of at least 4 members (excludes halogenated alkanes) is 2. The van der Waals surface area contributed by atoms with E-state index < -0.39 is 30.1 Å². The second-order valence-electron chi connectivity index (χ2n) is 17.2. The van der Waals surface area contributed by atoms with Crippen molar-refractivity contribution in [3.8, 4) is 17.2 Å². The van der Waals surface area contributed by atoms with Crippen LogP contribution < -0.4 is 9.47 Å². The summed E-state index contributed by atoms with van der Waals surface area (Å²) in [6.07, 6.45) is 11.3. The molecular formula is C46H62N2O10. The maximum Gasteiger partial charge on any atom is 0.410 e. The highest BCUT2D eigenvalue weighted by Crippen LogP contribution is 2.62. The molecule has 6 rings (SSSR count). The number of likely N-dealkylation sites (N-methyl/N-ethyl adjacent to an activating group) is 1. The Kier molecular flexibility index (Phi) is 14.7. The van der Waals surface area contributed by atoms with Gasteiger partial charge in [0.25, 0.3) is 0 Å². The van der Waals surface area contributed by atoms with Crippen LogP contribution in [0.15, 0.2) is 71.9 Å². The zero-order chi connectivity index (χ0) is 41.3. The molecule has 4 aliphatic rings. The highest BCUT2D eigenvalue weighted by molar-refractivity contribution is 6.03. The minimum Gasteiger partial charge on any atom is -0.459 e. The van der Waals surface area contributed by atoms with Gasteiger partial charge in [-0.15, -0.1) is 6.58 Å². The average molecular weight is 803 g/mol. The molecule has 12 nitrogen and oxygen atoms in total. The largest absolute Gasteiger partial charge is 0.459 e. The maximum atomic E-state index is 14.1. The average Bonchev–Trinajstić information content (AvgIpc) is 3.22. The molecule has 316 valence electrons. The summed E-state index contributed by atoms with van der Waals surface area (Å²) in [5.41, 5.74) is 2.79. The molecule has 2 N–H and O–H groups in total. The first kappa shape index (κ1) is 43.4. The molecule has 0 radical (unpaired) electrons. The Morgan fingerprint density at radius 1 is 1.05 bits per heavy atom. The molecule has 2 fully saturated rings. The molecule has 7 atom stereocenters. The van der Waals surface area contributed by atoms with E-state index in [4.69, 9.17) is 33.7 Å². The normalized spacial score (nSPS) is 27.0. The van der Waals surface area contributed by atoms with Crippen LogP contribution in [0, 0.1) is 23.2 Å². The standard InChI is InChI=1S/C46H62N2O10/c1-6-23-55-46-40(48(5)44(52)54-30-45(2,3)4)28-38(47-58-41-18-9-12-24-53-41)36-26-32(15-7-10-21-49)35(17-8-11-22-50)42(43(36)46)37-27-34(19-20-39(37)57-46)56-33-16-13-14-31(25-33)29-51/h6,13-14,16,19-20,25-27,29,32,35,40-43,49-50H,1,7-12,15,17-18,21-24,28,30H2,2-5H3/t32-,35+,40-,41?,42+,43+,46+/m0/s1. The van der Waals surface area contributed by atoms with Gasteiger partial charge in [-0.1, -0.05) is 63.1 Å². The zero-order valence-corrected chi connectivity index (χ0v) is 34.6. The number of nitrogens with zero attached hydrogens (tertiary/aromatic N) is 2. The van der Waals surface area contributed by atoms with Crippen LogP contribution in [0.25, 0.3) is 0 Å². The fourth-order valence-corrected chi connectivity index (χ4v) is 9.00. The number of amides is 1. The zero-order valence-electron chi connectivity index (χ0n) is 34.6. The van der Waals surface area contributed by atoms with E-state index >= 15 is 0 Å². The third kappa shape index (κ3) is 9.96. The molecule has 0 spiro atoms. The lowest BCUT2D eigenvalue weighted by molar-refractivity contribution is -0.254. The fourth-order valence-electron chi connectivity index (χ4n) is 9.00. The number of aliphatic hydroxyl groups excluding tert-OH is 2. The Hall–Kier alpha value is -4.23. The van der Waals surface area contributed by atoms with Gasteiger partial charge in [-0.2, -0.15) is 0 Å². The van der Waals surface area contributed by atoms with E-state index in [2.05, 4.69) is 12.7 Å². The number of oxime groups is 1. The fraction of sp³-hybridized carbons (Fsp3) is 0.587. The van der Waals surface area contributed by atoms with Crippen LogP contribution in [0.5, 0.6) is 17.2 Å². The molecule has 0 aromatic heterocycles. The van der Waals surface area contributed by atoms with E-state index in [1.165, 1.54) is 0 Å². The van der Waals surface area contributed by atoms with Gasteiger partial charge in [-0.25, -0.2) is 4.79 Å². The molecule has 2 aromatic rings. The first-order valence-corrected chi connectivity index (χ1v) is 21.0. The van der Waals surface area contributed by atoms with Gasteiger partial charge < -0.3 is 43.6 Å². The predicted octanol–water partition coefficient (Wildman–Crippen LogP) is 8.57. The minimum atomic E-state index is -1.40. The summed E-state index contributed by atoms with van der Waals surface area (Å²) in [5, 5.41) is 24.6. The van der Waals surface area contributed by atoms with Crippen molar-refractivity contribution >= 4 is 18.1 Å². The van der Waals surface area contributed by atoms with E-state index in [9.17, 15) is 19.8 Å². The molecule has 1 unspecified atom stereocenters. The number of aliphatic hydroxyl groups is 2. The Balaban J connectivity index is 1.55. The minimum absolute atomic E-state index is 0.0442. The van der Waals surface area contributed by atoms with Gasteiger partial charge in [0, 0.05) is 50.1 Å². The van der Waals surface area contributed by atoms with E-state index in [0.29, 0.717) is 48.0 Å². The number of hydrogen-bond donors (Lipinski definition) is 2. The lowest BCUT2D eigenvalue weighted by Gasteiger charge is -2.59. The van der Waals surface area contributed by atoms with Crippen LogP contribution in [-0.2, 0) is 19.0 Å². The summed E-state index contributed by atoms with van der Waals surface area (Å²) in [7, 11) is 1.73. The molecule has 2 aromatic carbocycles. The van der Waals surface area contributed by atoms with E-state index in [1.54, 1.807) is 36.2 Å². The first-order valence-electron chi connectivity index (χ1n) is 21.0. The number of rotatable bonds is 18. The van der Waals surface area contributed by atoms with Crippen molar-refractivity contribution in [1.82, 2.24) is 4.90 Å². The number of aldehydes is 1. The topological polar surface area (TPSA) is 146 Å². The summed E-state index contributed by atoms with van der Waals surface area (Å²) >= 11 is 0. The number of fused-ring (bicyclic) bond motifs is 2. The molecular weight excluding hydrogens is 741 g/mol. The highest BCUT2D eigenvalue weighted by atomic mass is 16.8. The summed E-state index contributed by atoms with van der Waals surface area (Å²) < 4.78 is 32.4. The third-order valence-electron chi connectivity index (χ3n) is 11.7. The molecule has 1 saturated heterocycles. The summed E-state index contributed by atoms with van der Waals surface area (Å²) in [5.74, 6) is -0.283. The number of ether oxygens (including phenoxy) is 5. The van der Waals surface area contributed by atoms with Crippen molar-refractivity contribution in [2.75, 3.05) is 40.1 Å². The van der Waals surface area contributed by atoms with Crippen molar-refractivity contribution < 1.29 is 48.3 Å². The smallest absolute Gasteiger partial charge is 0.410 e. The van der Waals surface area contributed by atoms with Crippen LogP contribution >= 0.6 is 0 Å². The summed E-state index contributed by atoms with van der Waals surface area (Å²) in [6.45, 7) is 11.2. The van der Waals surface area contributed by atoms with Gasteiger partial charge >= 0.3 is 6.09 Å². The Morgan fingerprint density at radius 2 is 1.83 bits per heavy atom. The quantitative estimate of drug-likeness (QED) is 0.0651. The predicted molar refractivity (Wildman–Crippen MR) is 220 cm³/mol. The van der Waals surface area contributed by atoms with Crippen LogP contribution in [0.2, 0.25) is 0 Å². The molecule has 58 heavy (non-hydrogen) atoms. The molecule has 2 aliphatic heterocycles. The molecule has 1 saturated carbocycles. The van der Waals surface area contributed by atoms with Gasteiger partial charge in [-0.05, 0) is 91.7 Å². The van der Waals surface area contributed by atoms with Gasteiger partial charge in [0.15, 0.2) is 0 Å². The number of carbonyl (C=O) groups excluding carboxylic acids is 2. The van der Waals surface area contributed by atoms with Crippen LogP contribution in [-0.4, -0.2) is 91.4 Å². The lowest BCUT2D eigenvalue weighted by atomic mass is 9.55. The second kappa shape index (κ2) is 19.7. The summed E-state index contributed by atoms with van der Waals surface area (Å²) in [6, 6.07) is 12.1. The van der Waals surface area contributed by atoms with Crippen molar-refractivity contribution in [3.05, 3.63) is 77.9 Å². The highest BCUT2D eigenvalue weighted by Gasteiger charge is 2.65. The van der Waals surface area contributed by atoms with Crippen LogP contribution in [0.4, 0.5) is 4.79 Å². The van der Waals surface area contributed by atoms with E-state index in [-0.39, 0.29) is 56.0 Å². The van der Waals surface area contributed by atoms with E-state index in [0.717, 1.165) is 62.4 Å². The molecule has 2 heterocycles. The Morgan fingerprint density at radius 3 is 2.53 bits per heavy atom. The van der Waals surface area contributed by atoms with Crippen LogP contribution in [0.1, 0.15) is 107 Å². The number of hydrogen-bond acceptors (Lipinski definition) is 11. The van der Waals surface area contributed by atoms with Gasteiger partial charge in [0.1, 0.15) is 29.6 Å². The maximum absolute atomic E-state index is 14.1. The van der Waals surface area contributed by atoms with Crippen molar-refractivity contribution in [3.63, 3.8) is 0 Å². The monoisotopic (exact) mass is 802 g/mol. The van der Waals surface area contributed by atoms with Gasteiger partial charge in [-0.3, -0.25) is 4.79 Å². The Bertz CT molecular complexity index is 1780. The third-order valence-corrected chi connectivity index (χ3v) is 11.7. The first-order chi connectivity index (χ1) is 28.0. The molecule has 2 aliphatic carbocycles. The van der Waals surface area contributed by atoms with Crippen molar-refractivity contribution in [2.24, 2.45) is 28.3 Å². The molecule has 0 bridgehead atoms. The van der Waals surface area contributed by atoms with E-state index in [1.807, 2.05) is 45.0 Å². The van der Waals surface area contributed by atoms with Gasteiger partial charge in [0.05, 0.1) is 31.5 Å². The molecule has 12 heteroatoms. The lowest BCUT2D eigenvalue weighted by Crippen LogP contribution is -2.69. The number of benzene rings is 2. The SMILES string of the molecule is C=CCO[C@@]12Oc3ccc(Oc4cccc(C=O)c4)cc3[C@H]3[C@H](CCCCO)[C@@H](CCCCO)C=C(C(=NOC4CCCCO4)C[C@@H]1N(C)C(=O)OCC(C)(C)C)[C@H]32. The Labute approximate surface area is 343 Å². The van der Waals surface area contributed by atoms with Gasteiger partial charge in [0.2, 0.25) is 12.1 Å². The summed E-state index contributed by atoms with van der Waals surface area (Å²) in [4.78, 5) is 33.5. The van der Waals surface area contributed by atoms with Crippen molar-refractivity contribution in [2.45, 2.75) is 109 Å². The second-order valence-corrected chi connectivity index (χ2v) is 17.2. The molecule has 1 amide bonds. The van der Waals surface area contributed by atoms with Crippen molar-refractivity contribution in [1.29, 1.82) is 0 Å². The number of carbonyl (C=O) groups is 2. The number of allylic oxidation sites excluding steroid dienone is 1. The van der Waals surface area contributed by atoms with Crippen LogP contribution in [0.3, 0.4) is 0 Å².